The van der Waals surface area contributed by atoms with Crippen molar-refractivity contribution in [3.8, 4) is 17.2 Å². The first-order chi connectivity index (χ1) is 20.8. The summed E-state index contributed by atoms with van der Waals surface area (Å²) in [5.41, 5.74) is 7.85. The van der Waals surface area contributed by atoms with E-state index in [1.807, 2.05) is 0 Å². The fourth-order valence-electron chi connectivity index (χ4n) is 7.02. The van der Waals surface area contributed by atoms with E-state index in [0.29, 0.717) is 11.9 Å². The highest BCUT2D eigenvalue weighted by Crippen LogP contribution is 2.41. The summed E-state index contributed by atoms with van der Waals surface area (Å²) in [7, 11) is 0. The Labute approximate surface area is 243 Å². The van der Waals surface area contributed by atoms with E-state index >= 15 is 0 Å². The molecule has 3 aromatic heterocycles. The molecule has 4 nitrogen and oxygen atoms in total. The summed E-state index contributed by atoms with van der Waals surface area (Å²) in [6, 6.07) is 21.9. The van der Waals surface area contributed by atoms with Gasteiger partial charge in [-0.1, -0.05) is 85.0 Å². The van der Waals surface area contributed by atoms with Crippen molar-refractivity contribution in [1.82, 2.24) is 14.5 Å². The molecule has 0 radical (unpaired) electrons. The third-order valence-electron chi connectivity index (χ3n) is 9.05. The van der Waals surface area contributed by atoms with E-state index in [1.165, 1.54) is 21.9 Å². The first-order valence-corrected chi connectivity index (χ1v) is 15.0. The Bertz CT molecular complexity index is 2280. The minimum atomic E-state index is 0.346. The number of furan rings is 1. The molecule has 0 spiro atoms. The summed E-state index contributed by atoms with van der Waals surface area (Å²) in [5.74, 6) is 2.03. The molecule has 42 heavy (non-hydrogen) atoms. The largest absolute Gasteiger partial charge is 0.456 e. The molecule has 0 saturated heterocycles. The molecule has 0 saturated carbocycles. The van der Waals surface area contributed by atoms with E-state index < -0.39 is 0 Å². The van der Waals surface area contributed by atoms with Crippen LogP contribution in [0, 0.1) is 0 Å². The number of allylic oxidation sites excluding steroid dienone is 5. The monoisotopic (exact) mass is 543 g/mol. The summed E-state index contributed by atoms with van der Waals surface area (Å²) in [6.45, 7) is 0. The van der Waals surface area contributed by atoms with Crippen molar-refractivity contribution < 1.29 is 4.42 Å². The Morgan fingerprint density at radius 1 is 0.810 bits per heavy atom. The van der Waals surface area contributed by atoms with Gasteiger partial charge in [0.2, 0.25) is 5.95 Å². The van der Waals surface area contributed by atoms with Crippen LogP contribution in [-0.2, 0) is 6.42 Å². The average molecular weight is 544 g/mol. The number of aromatic nitrogens is 3. The number of aryl methyl sites for hydroxylation is 1. The zero-order valence-corrected chi connectivity index (χ0v) is 23.3. The lowest BCUT2D eigenvalue weighted by Gasteiger charge is -2.15. The lowest BCUT2D eigenvalue weighted by atomic mass is 9.92. The number of hydrogen-bond donors (Lipinski definition) is 0. The maximum absolute atomic E-state index is 6.62. The van der Waals surface area contributed by atoms with E-state index in [2.05, 4.69) is 114 Å². The SMILES string of the molecule is C1=CCC(c2ccc3c4c5oc6c(c5ccc4n(-c4nc(-c5ccccc5)c5c(n4)=CCCC=5)c3c2)CCC=C6)C=C1. The van der Waals surface area contributed by atoms with Crippen molar-refractivity contribution in [2.24, 2.45) is 0 Å². The van der Waals surface area contributed by atoms with Gasteiger partial charge in [0.25, 0.3) is 0 Å². The van der Waals surface area contributed by atoms with Crippen molar-refractivity contribution in [2.45, 2.75) is 38.0 Å². The summed E-state index contributed by atoms with van der Waals surface area (Å²) in [5, 5.41) is 5.66. The molecule has 3 aromatic carbocycles. The first kappa shape index (κ1) is 23.7. The molecule has 202 valence electrons. The topological polar surface area (TPSA) is 43.9 Å². The van der Waals surface area contributed by atoms with Crippen LogP contribution >= 0.6 is 0 Å². The fraction of sp³-hybridized carbons (Fsp3) is 0.158. The van der Waals surface area contributed by atoms with Crippen molar-refractivity contribution in [3.05, 3.63) is 118 Å². The molecule has 1 unspecified atom stereocenters. The molecule has 0 aliphatic heterocycles. The van der Waals surface area contributed by atoms with Crippen LogP contribution in [0.4, 0.5) is 0 Å². The number of benzene rings is 3. The van der Waals surface area contributed by atoms with Crippen LogP contribution < -0.4 is 10.6 Å². The molecular formula is C38H29N3O. The molecule has 3 aliphatic rings. The van der Waals surface area contributed by atoms with Crippen LogP contribution in [0.3, 0.4) is 0 Å². The first-order valence-electron chi connectivity index (χ1n) is 15.0. The second-order valence-electron chi connectivity index (χ2n) is 11.5. The molecule has 9 rings (SSSR count). The fourth-order valence-corrected chi connectivity index (χ4v) is 7.02. The van der Waals surface area contributed by atoms with Gasteiger partial charge in [0.15, 0.2) is 0 Å². The molecule has 4 heteroatoms. The normalized spacial score (nSPS) is 17.4. The van der Waals surface area contributed by atoms with Gasteiger partial charge in [-0.3, -0.25) is 4.57 Å². The number of hydrogen-bond acceptors (Lipinski definition) is 3. The zero-order valence-electron chi connectivity index (χ0n) is 23.3. The van der Waals surface area contributed by atoms with Crippen LogP contribution in [-0.4, -0.2) is 14.5 Å². The van der Waals surface area contributed by atoms with Crippen LogP contribution in [0.25, 0.3) is 68.2 Å². The molecule has 0 bridgehead atoms. The molecule has 3 heterocycles. The van der Waals surface area contributed by atoms with Gasteiger partial charge >= 0.3 is 0 Å². The maximum atomic E-state index is 6.62. The Kier molecular flexibility index (Phi) is 5.24. The minimum absolute atomic E-state index is 0.346. The lowest BCUT2D eigenvalue weighted by molar-refractivity contribution is 0.598. The van der Waals surface area contributed by atoms with Crippen molar-refractivity contribution >= 4 is 51.0 Å². The van der Waals surface area contributed by atoms with E-state index in [-0.39, 0.29) is 0 Å². The van der Waals surface area contributed by atoms with E-state index in [1.54, 1.807) is 0 Å². The molecule has 0 amide bonds. The van der Waals surface area contributed by atoms with E-state index in [0.717, 1.165) is 81.7 Å². The summed E-state index contributed by atoms with van der Waals surface area (Å²) < 4.78 is 8.89. The maximum Gasteiger partial charge on any atom is 0.235 e. The highest BCUT2D eigenvalue weighted by atomic mass is 16.3. The predicted octanol–water partition coefficient (Wildman–Crippen LogP) is 7.90. The molecule has 1 atom stereocenters. The number of fused-ring (bicyclic) bond motifs is 8. The van der Waals surface area contributed by atoms with Crippen molar-refractivity contribution in [3.63, 3.8) is 0 Å². The second-order valence-corrected chi connectivity index (χ2v) is 11.5. The van der Waals surface area contributed by atoms with Gasteiger partial charge in [-0.2, -0.15) is 0 Å². The molecule has 3 aliphatic carbocycles. The molecule has 0 N–H and O–H groups in total. The van der Waals surface area contributed by atoms with E-state index in [4.69, 9.17) is 14.4 Å². The Hall–Kier alpha value is -4.96. The van der Waals surface area contributed by atoms with Crippen LogP contribution in [0.2, 0.25) is 0 Å². The third kappa shape index (κ3) is 3.54. The summed E-state index contributed by atoms with van der Waals surface area (Å²) in [6.07, 6.45) is 22.8. The van der Waals surface area contributed by atoms with Gasteiger partial charge in [-0.05, 0) is 61.9 Å². The Morgan fingerprint density at radius 3 is 2.62 bits per heavy atom. The Balaban J connectivity index is 1.40. The minimum Gasteiger partial charge on any atom is -0.456 e. The van der Waals surface area contributed by atoms with Gasteiger partial charge in [-0.25, -0.2) is 9.97 Å². The van der Waals surface area contributed by atoms with Gasteiger partial charge in [0.05, 0.1) is 27.5 Å². The van der Waals surface area contributed by atoms with Gasteiger partial charge in [0, 0.05) is 33.0 Å². The molecular weight excluding hydrogens is 514 g/mol. The molecule has 6 aromatic rings. The van der Waals surface area contributed by atoms with Crippen molar-refractivity contribution in [1.29, 1.82) is 0 Å². The number of nitrogens with zero attached hydrogens (tertiary/aromatic N) is 3. The standard InChI is InChI=1S/C38H29N3O/c1-3-11-24(12-4-1)26-19-20-30-33(23-26)41(32-22-21-28-27-15-8-10-18-34(27)42-37(28)35(30)32)38-39-31-17-9-7-16-29(31)36(40-38)25-13-5-2-6-14-25/h1-6,10-11,13-14,16-24H,7-9,12,15H2. The van der Waals surface area contributed by atoms with Gasteiger partial charge in [-0.15, -0.1) is 0 Å². The second kappa shape index (κ2) is 9.28. The highest BCUT2D eigenvalue weighted by molar-refractivity contribution is 6.20. The van der Waals surface area contributed by atoms with Crippen LogP contribution in [0.5, 0.6) is 0 Å². The average Bonchev–Trinajstić information content (AvgIpc) is 3.60. The predicted molar refractivity (Wildman–Crippen MR) is 172 cm³/mol. The van der Waals surface area contributed by atoms with Crippen LogP contribution in [0.1, 0.15) is 48.5 Å². The highest BCUT2D eigenvalue weighted by Gasteiger charge is 2.24. The van der Waals surface area contributed by atoms with Crippen molar-refractivity contribution in [2.75, 3.05) is 0 Å². The number of rotatable bonds is 3. The smallest absolute Gasteiger partial charge is 0.235 e. The zero-order chi connectivity index (χ0) is 27.6. The third-order valence-corrected chi connectivity index (χ3v) is 9.05. The van der Waals surface area contributed by atoms with Gasteiger partial charge < -0.3 is 4.42 Å². The Morgan fingerprint density at radius 2 is 1.71 bits per heavy atom. The van der Waals surface area contributed by atoms with Crippen LogP contribution in [0.15, 0.2) is 95.5 Å². The summed E-state index contributed by atoms with van der Waals surface area (Å²) in [4.78, 5) is 10.5. The lowest BCUT2D eigenvalue weighted by Crippen LogP contribution is -2.34. The quantitative estimate of drug-likeness (QED) is 0.228. The van der Waals surface area contributed by atoms with E-state index in [9.17, 15) is 0 Å². The summed E-state index contributed by atoms with van der Waals surface area (Å²) >= 11 is 0. The molecule has 0 fully saturated rings. The van der Waals surface area contributed by atoms with Gasteiger partial charge in [0.1, 0.15) is 11.3 Å².